The second-order valence-corrected chi connectivity index (χ2v) is 13.8. The minimum atomic E-state index is 0.0125. The van der Waals surface area contributed by atoms with Crippen LogP contribution in [0.4, 0.5) is 11.4 Å². The van der Waals surface area contributed by atoms with Crippen LogP contribution in [0.3, 0.4) is 0 Å². The van der Waals surface area contributed by atoms with E-state index in [1.807, 2.05) is 0 Å². The maximum atomic E-state index is 5.28. The van der Waals surface area contributed by atoms with Crippen LogP contribution in [-0.4, -0.2) is 29.0 Å². The molecular weight excluding hydrogens is 621 g/mol. The molecule has 1 atom stereocenters. The molecule has 250 valence electrons. The summed E-state index contributed by atoms with van der Waals surface area (Å²) in [5, 5.41) is 12.4. The van der Waals surface area contributed by atoms with Crippen LogP contribution < -0.4 is 26.3 Å². The van der Waals surface area contributed by atoms with E-state index >= 15 is 0 Å². The summed E-state index contributed by atoms with van der Waals surface area (Å²) in [6, 6.07) is 43.6. The number of nitrogens with zero attached hydrogens (tertiary/aromatic N) is 5. The molecule has 8 rings (SSSR count). The van der Waals surface area contributed by atoms with Crippen molar-refractivity contribution in [2.24, 2.45) is 5.10 Å². The van der Waals surface area contributed by atoms with Crippen LogP contribution in [0, 0.1) is 20.8 Å². The number of benzene rings is 5. The van der Waals surface area contributed by atoms with E-state index in [9.17, 15) is 0 Å². The predicted molar refractivity (Wildman–Crippen MR) is 216 cm³/mol. The normalized spacial score (nSPS) is 15.4. The first-order chi connectivity index (χ1) is 24.9. The van der Waals surface area contributed by atoms with E-state index in [0.717, 1.165) is 35.0 Å². The minimum absolute atomic E-state index is 0.0125. The predicted octanol–water partition coefficient (Wildman–Crippen LogP) is 8.20. The van der Waals surface area contributed by atoms with Crippen molar-refractivity contribution in [3.05, 3.63) is 174 Å². The highest BCUT2D eigenvalue weighted by Crippen LogP contribution is 2.33. The fourth-order valence-corrected chi connectivity index (χ4v) is 7.81. The molecule has 6 heteroatoms. The molecule has 2 heterocycles. The van der Waals surface area contributed by atoms with Gasteiger partial charge in [-0.15, -0.1) is 0 Å². The first kappa shape index (κ1) is 32.3. The number of anilines is 2. The van der Waals surface area contributed by atoms with Crippen LogP contribution in [0.15, 0.2) is 157 Å². The molecule has 0 saturated heterocycles. The molecule has 0 saturated carbocycles. The molecule has 0 radical (unpaired) electrons. The lowest BCUT2D eigenvalue weighted by atomic mass is 9.35. The van der Waals surface area contributed by atoms with Crippen molar-refractivity contribution >= 4 is 40.3 Å². The number of allylic oxidation sites excluding steroid dienone is 4. The Labute approximate surface area is 302 Å². The number of hydrogen-bond donors (Lipinski definition) is 0. The Morgan fingerprint density at radius 3 is 2.00 bits per heavy atom. The van der Waals surface area contributed by atoms with Crippen LogP contribution in [0.5, 0.6) is 0 Å². The highest BCUT2D eigenvalue weighted by molar-refractivity contribution is 6.96. The zero-order valence-electron chi connectivity index (χ0n) is 29.7. The largest absolute Gasteiger partial charge is 0.308 e. The molecule has 5 nitrogen and oxygen atoms in total. The van der Waals surface area contributed by atoms with Crippen molar-refractivity contribution < 1.29 is 0 Å². The number of para-hydroxylation sites is 1. The van der Waals surface area contributed by atoms with Gasteiger partial charge in [0, 0.05) is 23.4 Å². The fraction of sp³-hybridized carbons (Fsp3) is 0.156. The molecule has 0 bridgehead atoms. The molecule has 0 spiro atoms. The Kier molecular flexibility index (Phi) is 8.75. The van der Waals surface area contributed by atoms with E-state index in [1.54, 1.807) is 0 Å². The number of aryl methyl sites for hydroxylation is 3. The van der Waals surface area contributed by atoms with Gasteiger partial charge >= 0.3 is 0 Å². The SMILES string of the molecule is CC1=NN(c2cccc(B(c3cccc(-n4cc(-c5ccccc5)c([C@@H]5C=CC=CC5)n4)c3)c3c(C)cc(C)cc3C)c2)CN1c1ccccc1. The van der Waals surface area contributed by atoms with E-state index in [4.69, 9.17) is 10.2 Å². The Hall–Kier alpha value is -5.88. The third-order valence-electron chi connectivity index (χ3n) is 10.2. The van der Waals surface area contributed by atoms with Crippen molar-refractivity contribution in [2.45, 2.75) is 40.0 Å². The average Bonchev–Trinajstić information content (AvgIpc) is 3.79. The van der Waals surface area contributed by atoms with Crippen molar-refractivity contribution in [3.63, 3.8) is 0 Å². The molecule has 1 aliphatic heterocycles. The highest BCUT2D eigenvalue weighted by Gasteiger charge is 2.28. The summed E-state index contributed by atoms with van der Waals surface area (Å²) in [6.45, 7) is 9.44. The summed E-state index contributed by atoms with van der Waals surface area (Å²) >= 11 is 0. The van der Waals surface area contributed by atoms with Gasteiger partial charge in [0.2, 0.25) is 6.71 Å². The highest BCUT2D eigenvalue weighted by atomic mass is 15.6. The van der Waals surface area contributed by atoms with Gasteiger partial charge in [0.15, 0.2) is 0 Å². The van der Waals surface area contributed by atoms with Gasteiger partial charge in [-0.2, -0.15) is 10.2 Å². The van der Waals surface area contributed by atoms with Gasteiger partial charge in [-0.05, 0) is 76.1 Å². The van der Waals surface area contributed by atoms with Gasteiger partial charge in [0.1, 0.15) is 12.5 Å². The monoisotopic (exact) mass is 663 g/mol. The van der Waals surface area contributed by atoms with Crippen molar-refractivity contribution in [2.75, 3.05) is 16.6 Å². The summed E-state index contributed by atoms with van der Waals surface area (Å²) < 4.78 is 2.08. The number of hydrazone groups is 1. The first-order valence-corrected chi connectivity index (χ1v) is 17.8. The number of hydrogen-bond acceptors (Lipinski definition) is 4. The third-order valence-corrected chi connectivity index (χ3v) is 10.2. The summed E-state index contributed by atoms with van der Waals surface area (Å²) in [4.78, 5) is 2.25. The number of rotatable bonds is 8. The molecule has 0 N–H and O–H groups in total. The van der Waals surface area contributed by atoms with Gasteiger partial charge in [-0.25, -0.2) is 9.69 Å². The van der Waals surface area contributed by atoms with Crippen LogP contribution >= 0.6 is 0 Å². The van der Waals surface area contributed by atoms with Gasteiger partial charge in [0.25, 0.3) is 0 Å². The molecule has 51 heavy (non-hydrogen) atoms. The molecule has 1 aliphatic carbocycles. The Morgan fingerprint density at radius 1 is 0.667 bits per heavy atom. The second kappa shape index (κ2) is 13.8. The summed E-state index contributed by atoms with van der Waals surface area (Å²) in [5.74, 6) is 1.21. The van der Waals surface area contributed by atoms with Crippen molar-refractivity contribution in [3.8, 4) is 16.8 Å². The zero-order valence-corrected chi connectivity index (χ0v) is 29.7. The van der Waals surface area contributed by atoms with E-state index in [0.29, 0.717) is 6.67 Å². The maximum absolute atomic E-state index is 5.28. The Balaban J connectivity index is 1.21. The number of aromatic nitrogens is 2. The van der Waals surface area contributed by atoms with Crippen molar-refractivity contribution in [1.82, 2.24) is 9.78 Å². The zero-order chi connectivity index (χ0) is 34.9. The smallest absolute Gasteiger partial charge is 0.242 e. The first-order valence-electron chi connectivity index (χ1n) is 17.8. The van der Waals surface area contributed by atoms with Gasteiger partial charge in [-0.1, -0.05) is 142 Å². The summed E-state index contributed by atoms with van der Waals surface area (Å²) in [7, 11) is 0. The van der Waals surface area contributed by atoms with Gasteiger partial charge in [0.05, 0.1) is 17.1 Å². The Morgan fingerprint density at radius 2 is 1.31 bits per heavy atom. The van der Waals surface area contributed by atoms with E-state index < -0.39 is 0 Å². The lowest BCUT2D eigenvalue weighted by Gasteiger charge is -2.24. The third kappa shape index (κ3) is 6.46. The molecule has 1 aromatic heterocycles. The van der Waals surface area contributed by atoms with Crippen LogP contribution in [0.1, 0.15) is 41.6 Å². The van der Waals surface area contributed by atoms with Crippen LogP contribution in [0.25, 0.3) is 16.8 Å². The minimum Gasteiger partial charge on any atom is -0.308 e. The molecule has 6 aromatic rings. The Bertz CT molecular complexity index is 2260. The topological polar surface area (TPSA) is 36.7 Å². The molecular formula is C45H42BN5. The molecule has 0 unspecified atom stereocenters. The lowest BCUT2D eigenvalue weighted by Crippen LogP contribution is -2.54. The summed E-state index contributed by atoms with van der Waals surface area (Å²) in [6.07, 6.45) is 11.9. The standard InChI is InChI=1S/C45H42BN5/c1-32-26-33(2)44(34(3)27-32)46(39-21-15-25-42(29-39)51-31-49(35(4)47-51)40-22-12-7-13-23-40)38-20-14-24-41(28-38)50-30-43(36-16-8-5-9-17-36)45(48-50)37-18-10-6-11-19-37/h5-18,20-30,37H,19,31H2,1-4H3/t37-/m1/s1. The molecule has 2 aliphatic rings. The van der Waals surface area contributed by atoms with E-state index in [2.05, 4.69) is 194 Å². The van der Waals surface area contributed by atoms with Gasteiger partial charge < -0.3 is 4.90 Å². The molecule has 0 fully saturated rings. The average molecular weight is 664 g/mol. The van der Waals surface area contributed by atoms with E-state index in [-0.39, 0.29) is 12.6 Å². The number of amidine groups is 1. The quantitative estimate of drug-likeness (QED) is 0.154. The van der Waals surface area contributed by atoms with Crippen molar-refractivity contribution in [1.29, 1.82) is 0 Å². The van der Waals surface area contributed by atoms with E-state index in [1.165, 1.54) is 44.2 Å². The van der Waals surface area contributed by atoms with Crippen LogP contribution in [0.2, 0.25) is 0 Å². The lowest BCUT2D eigenvalue weighted by molar-refractivity contribution is 0.768. The van der Waals surface area contributed by atoms with Crippen LogP contribution in [-0.2, 0) is 0 Å². The summed E-state index contributed by atoms with van der Waals surface area (Å²) in [5.41, 5.74) is 14.4. The molecule has 5 aromatic carbocycles. The maximum Gasteiger partial charge on any atom is 0.242 e. The second-order valence-electron chi connectivity index (χ2n) is 13.8. The fourth-order valence-electron chi connectivity index (χ4n) is 7.81. The van der Waals surface area contributed by atoms with Gasteiger partial charge in [-0.3, -0.25) is 0 Å². The molecule has 0 amide bonds.